The maximum Gasteiger partial charge on any atom is 0.314 e. The highest BCUT2D eigenvalue weighted by Gasteiger charge is 2.27. The summed E-state index contributed by atoms with van der Waals surface area (Å²) in [4.78, 5) is 51.5. The average Bonchev–Trinajstić information content (AvgIpc) is 2.87. The van der Waals surface area contributed by atoms with Gasteiger partial charge in [-0.1, -0.05) is 80.1 Å². The van der Waals surface area contributed by atoms with E-state index in [4.69, 9.17) is 14.2 Å². The molecule has 0 saturated heterocycles. The van der Waals surface area contributed by atoms with Crippen LogP contribution in [0.2, 0.25) is 0 Å². The van der Waals surface area contributed by atoms with Gasteiger partial charge in [-0.25, -0.2) is 0 Å². The second kappa shape index (κ2) is 17.7. The van der Waals surface area contributed by atoms with Gasteiger partial charge in [0.15, 0.2) is 5.78 Å². The third kappa shape index (κ3) is 10.6. The lowest BCUT2D eigenvalue weighted by Gasteiger charge is -2.19. The van der Waals surface area contributed by atoms with E-state index in [0.29, 0.717) is 32.1 Å². The van der Waals surface area contributed by atoms with Crippen LogP contribution in [0.5, 0.6) is 17.2 Å². The van der Waals surface area contributed by atoms with Crippen LogP contribution in [0.25, 0.3) is 0 Å². The lowest BCUT2D eigenvalue weighted by Crippen LogP contribution is -2.23. The van der Waals surface area contributed by atoms with Crippen LogP contribution < -0.4 is 14.2 Å². The first-order valence-corrected chi connectivity index (χ1v) is 14.5. The molecule has 0 spiro atoms. The number of esters is 3. The zero-order valence-corrected chi connectivity index (χ0v) is 24.5. The number of hydrogen-bond donors (Lipinski definition) is 0. The van der Waals surface area contributed by atoms with Gasteiger partial charge in [0.25, 0.3) is 0 Å². The third-order valence-electron chi connectivity index (χ3n) is 6.89. The van der Waals surface area contributed by atoms with Gasteiger partial charge in [-0.3, -0.25) is 19.2 Å². The maximum atomic E-state index is 13.0. The van der Waals surface area contributed by atoms with E-state index in [2.05, 4.69) is 13.8 Å². The lowest BCUT2D eigenvalue weighted by atomic mass is 9.99. The highest BCUT2D eigenvalue weighted by molar-refractivity contribution is 6.01. The van der Waals surface area contributed by atoms with Gasteiger partial charge in [-0.2, -0.15) is 0 Å². The fourth-order valence-corrected chi connectivity index (χ4v) is 4.24. The Morgan fingerprint density at radius 2 is 1.08 bits per heavy atom. The number of carbonyl (C=O) groups excluding carboxylic acids is 4. The van der Waals surface area contributed by atoms with Crippen molar-refractivity contribution in [2.45, 2.75) is 119 Å². The largest absolute Gasteiger partial charge is 0.426 e. The van der Waals surface area contributed by atoms with Crippen LogP contribution in [-0.4, -0.2) is 23.7 Å². The fraction of sp³-hybridized carbons (Fsp3) is 0.677. The molecule has 38 heavy (non-hydrogen) atoms. The smallest absolute Gasteiger partial charge is 0.314 e. The minimum atomic E-state index is -0.495. The highest BCUT2D eigenvalue weighted by Crippen LogP contribution is 2.37. The topological polar surface area (TPSA) is 96.0 Å². The van der Waals surface area contributed by atoms with Crippen LogP contribution in [0, 0.1) is 17.8 Å². The molecule has 0 aliphatic rings. The first-order valence-electron chi connectivity index (χ1n) is 14.5. The molecule has 214 valence electrons. The monoisotopic (exact) mass is 532 g/mol. The summed E-state index contributed by atoms with van der Waals surface area (Å²) >= 11 is 0. The number of rotatable bonds is 18. The van der Waals surface area contributed by atoms with E-state index < -0.39 is 23.7 Å². The highest BCUT2D eigenvalue weighted by atomic mass is 16.6. The molecule has 3 atom stereocenters. The van der Waals surface area contributed by atoms with Crippen LogP contribution in [0.1, 0.15) is 129 Å². The van der Waals surface area contributed by atoms with Gasteiger partial charge in [-0.15, -0.1) is 0 Å². The van der Waals surface area contributed by atoms with Gasteiger partial charge in [0.05, 0.1) is 17.8 Å². The standard InChI is InChI=1S/C31H48O7/c1-8-13-16-21(6)29(33)37-26-19-25(36-30(34)23(11-4)17-14-9-2)20-27(28(26)22(7)32)38-31(35)24(12-5)18-15-10-3/h19-21,23-24H,8-18H2,1-7H3. The van der Waals surface area contributed by atoms with Gasteiger partial charge in [0.2, 0.25) is 0 Å². The molecular formula is C31H48O7. The second-order valence-corrected chi connectivity index (χ2v) is 10.2. The number of hydrogen-bond acceptors (Lipinski definition) is 7. The Morgan fingerprint density at radius 3 is 1.50 bits per heavy atom. The Morgan fingerprint density at radius 1 is 0.658 bits per heavy atom. The molecule has 1 aromatic carbocycles. The quantitative estimate of drug-likeness (QED) is 0.108. The van der Waals surface area contributed by atoms with E-state index >= 15 is 0 Å². The first kappa shape index (κ1) is 33.3. The van der Waals surface area contributed by atoms with Crippen molar-refractivity contribution in [2.24, 2.45) is 17.8 Å². The Labute approximate surface area is 229 Å². The SMILES string of the molecule is CCCCC(C)C(=O)Oc1cc(OC(=O)C(CC)CCCC)cc(OC(=O)C(CC)CCCC)c1C(C)=O. The molecule has 0 radical (unpaired) electrons. The van der Waals surface area contributed by atoms with Crippen LogP contribution in [0.3, 0.4) is 0 Å². The van der Waals surface area contributed by atoms with Gasteiger partial charge >= 0.3 is 17.9 Å². The molecule has 0 aromatic heterocycles. The van der Waals surface area contributed by atoms with Gasteiger partial charge in [0.1, 0.15) is 22.8 Å². The predicted octanol–water partition coefficient (Wildman–Crippen LogP) is 7.86. The Hall–Kier alpha value is -2.70. The summed E-state index contributed by atoms with van der Waals surface area (Å²) in [5.74, 6) is -2.85. The van der Waals surface area contributed by atoms with E-state index in [9.17, 15) is 19.2 Å². The number of ketones is 1. The predicted molar refractivity (Wildman–Crippen MR) is 149 cm³/mol. The molecule has 1 aromatic rings. The lowest BCUT2D eigenvalue weighted by molar-refractivity contribution is -0.139. The average molecular weight is 533 g/mol. The van der Waals surface area contributed by atoms with E-state index in [0.717, 1.165) is 38.5 Å². The Bertz CT molecular complexity index is 921. The van der Waals surface area contributed by atoms with Crippen molar-refractivity contribution in [3.05, 3.63) is 17.7 Å². The van der Waals surface area contributed by atoms with Crippen LogP contribution in [0.15, 0.2) is 12.1 Å². The van der Waals surface area contributed by atoms with Crippen molar-refractivity contribution < 1.29 is 33.4 Å². The van der Waals surface area contributed by atoms with E-state index in [1.54, 1.807) is 6.92 Å². The molecule has 0 bridgehead atoms. The summed E-state index contributed by atoms with van der Waals surface area (Å²) in [7, 11) is 0. The molecule has 3 unspecified atom stereocenters. The summed E-state index contributed by atoms with van der Waals surface area (Å²) < 4.78 is 17.1. The molecule has 0 aliphatic carbocycles. The van der Waals surface area contributed by atoms with E-state index in [1.165, 1.54) is 19.1 Å². The normalized spacial score (nSPS) is 13.3. The van der Waals surface area contributed by atoms with Crippen LogP contribution in [0.4, 0.5) is 0 Å². The Balaban J connectivity index is 3.47. The zero-order chi connectivity index (χ0) is 28.7. The van der Waals surface area contributed by atoms with Gasteiger partial charge in [0, 0.05) is 12.1 Å². The molecule has 0 saturated carbocycles. The maximum absolute atomic E-state index is 13.0. The number of Topliss-reactive ketones (excluding diaryl/α,β-unsaturated/α-hetero) is 1. The summed E-state index contributed by atoms with van der Waals surface area (Å²) in [6, 6.07) is 2.75. The molecule has 0 amide bonds. The van der Waals surface area contributed by atoms with Crippen molar-refractivity contribution >= 4 is 23.7 Å². The molecule has 1 rings (SSSR count). The minimum Gasteiger partial charge on any atom is -0.426 e. The zero-order valence-electron chi connectivity index (χ0n) is 24.5. The van der Waals surface area contributed by atoms with Crippen molar-refractivity contribution in [3.63, 3.8) is 0 Å². The Kier molecular flexibility index (Phi) is 15.6. The number of benzene rings is 1. The molecule has 7 heteroatoms. The van der Waals surface area contributed by atoms with E-state index in [-0.39, 0.29) is 40.6 Å². The summed E-state index contributed by atoms with van der Waals surface area (Å²) in [5.41, 5.74) is -0.0161. The van der Waals surface area contributed by atoms with Gasteiger partial charge in [-0.05, 0) is 39.0 Å². The third-order valence-corrected chi connectivity index (χ3v) is 6.89. The molecule has 0 N–H and O–H groups in total. The summed E-state index contributed by atoms with van der Waals surface area (Å²) in [6.45, 7) is 13.1. The summed E-state index contributed by atoms with van der Waals surface area (Å²) in [6.07, 6.45) is 8.71. The van der Waals surface area contributed by atoms with Crippen molar-refractivity contribution in [1.82, 2.24) is 0 Å². The minimum absolute atomic E-state index is 0.0161. The molecule has 7 nitrogen and oxygen atoms in total. The van der Waals surface area contributed by atoms with Crippen molar-refractivity contribution in [1.29, 1.82) is 0 Å². The van der Waals surface area contributed by atoms with Gasteiger partial charge < -0.3 is 14.2 Å². The van der Waals surface area contributed by atoms with Crippen LogP contribution in [-0.2, 0) is 14.4 Å². The number of carbonyl (C=O) groups is 4. The number of unbranched alkanes of at least 4 members (excludes halogenated alkanes) is 3. The molecule has 0 fully saturated rings. The molecule has 0 heterocycles. The van der Waals surface area contributed by atoms with Crippen LogP contribution >= 0.6 is 0 Å². The summed E-state index contributed by atoms with van der Waals surface area (Å²) in [5, 5.41) is 0. The number of ether oxygens (including phenoxy) is 3. The van der Waals surface area contributed by atoms with Crippen molar-refractivity contribution in [2.75, 3.05) is 0 Å². The fourth-order valence-electron chi connectivity index (χ4n) is 4.24. The first-order chi connectivity index (χ1) is 18.1. The van der Waals surface area contributed by atoms with Crippen molar-refractivity contribution in [3.8, 4) is 17.2 Å². The van der Waals surface area contributed by atoms with E-state index in [1.807, 2.05) is 20.8 Å². The molecular weight excluding hydrogens is 484 g/mol. The molecule has 0 aliphatic heterocycles. The second-order valence-electron chi connectivity index (χ2n) is 10.2.